The molecule has 0 aliphatic heterocycles. The number of fused-ring (bicyclic) bond motifs is 2. The van der Waals surface area contributed by atoms with E-state index >= 15 is 0 Å². The lowest BCUT2D eigenvalue weighted by Gasteiger charge is -2.38. The molecule has 29 heavy (non-hydrogen) atoms. The van der Waals surface area contributed by atoms with Crippen molar-refractivity contribution in [3.05, 3.63) is 69.8 Å². The zero-order chi connectivity index (χ0) is 21.2. The van der Waals surface area contributed by atoms with E-state index in [4.69, 9.17) is 0 Å². The Morgan fingerprint density at radius 3 is 1.34 bits per heavy atom. The molecule has 0 nitrogen and oxygen atoms in total. The lowest BCUT2D eigenvalue weighted by molar-refractivity contribution is 0.592. The van der Waals surface area contributed by atoms with Crippen LogP contribution in [0.3, 0.4) is 0 Å². The highest BCUT2D eigenvalue weighted by Gasteiger charge is 2.40. The molecule has 0 amide bonds. The highest BCUT2D eigenvalue weighted by Crippen LogP contribution is 2.33. The Balaban J connectivity index is 2.07. The van der Waals surface area contributed by atoms with E-state index in [1.54, 1.807) is 32.6 Å². The van der Waals surface area contributed by atoms with E-state index < -0.39 is 8.07 Å². The molecule has 0 unspecified atom stereocenters. The van der Waals surface area contributed by atoms with Crippen molar-refractivity contribution < 1.29 is 0 Å². The Morgan fingerprint density at radius 1 is 0.621 bits per heavy atom. The van der Waals surface area contributed by atoms with Crippen molar-refractivity contribution in [3.63, 3.8) is 0 Å². The van der Waals surface area contributed by atoms with Crippen molar-refractivity contribution in [1.82, 2.24) is 0 Å². The summed E-state index contributed by atoms with van der Waals surface area (Å²) in [5.41, 5.74) is 9.48. The van der Waals surface area contributed by atoms with Gasteiger partial charge < -0.3 is 0 Å². The standard InChI is InChI=1S/C28H36Si/c1-27(2,3)23-17-15-19-11-9-13-21(19)25(23)29(7,8)26-22-14-10-12-20(22)16-18-24(26)28(4,5)6/h9-12,15-18H,13-14H2,1-8H3. The second kappa shape index (κ2) is 6.57. The summed E-state index contributed by atoms with van der Waals surface area (Å²) >= 11 is 0. The Labute approximate surface area is 178 Å². The van der Waals surface area contributed by atoms with Gasteiger partial charge in [0.25, 0.3) is 0 Å². The summed E-state index contributed by atoms with van der Waals surface area (Å²) in [6.07, 6.45) is 11.5. The molecule has 1 heteroatoms. The fourth-order valence-electron chi connectivity index (χ4n) is 5.49. The van der Waals surface area contributed by atoms with Gasteiger partial charge >= 0.3 is 0 Å². The molecule has 0 saturated heterocycles. The van der Waals surface area contributed by atoms with E-state index in [1.807, 2.05) is 0 Å². The second-order valence-electron chi connectivity index (χ2n) is 11.4. The minimum atomic E-state index is -1.96. The maximum atomic E-state index is 2.61. The maximum Gasteiger partial charge on any atom is 0.113 e. The Bertz CT molecular complexity index is 950. The number of rotatable bonds is 2. The van der Waals surface area contributed by atoms with Gasteiger partial charge in [-0.2, -0.15) is 0 Å². The van der Waals surface area contributed by atoms with Gasteiger partial charge in [0, 0.05) is 0 Å². The largest absolute Gasteiger partial charge is 0.113 e. The second-order valence-corrected chi connectivity index (χ2v) is 15.7. The van der Waals surface area contributed by atoms with Crippen LogP contribution < -0.4 is 10.4 Å². The van der Waals surface area contributed by atoms with Gasteiger partial charge in [-0.25, -0.2) is 0 Å². The van der Waals surface area contributed by atoms with Crippen LogP contribution in [0.1, 0.15) is 74.9 Å². The molecule has 0 heterocycles. The van der Waals surface area contributed by atoms with Gasteiger partial charge in [-0.1, -0.05) is 103 Å². The molecule has 4 rings (SSSR count). The summed E-state index contributed by atoms with van der Waals surface area (Å²) in [6.45, 7) is 19.5. The summed E-state index contributed by atoms with van der Waals surface area (Å²) in [4.78, 5) is 0. The van der Waals surface area contributed by atoms with Crippen LogP contribution in [-0.4, -0.2) is 8.07 Å². The van der Waals surface area contributed by atoms with E-state index in [2.05, 4.69) is 103 Å². The van der Waals surface area contributed by atoms with Gasteiger partial charge in [0.05, 0.1) is 0 Å². The normalized spacial score (nSPS) is 15.7. The van der Waals surface area contributed by atoms with Crippen LogP contribution in [0.2, 0.25) is 13.1 Å². The number of hydrogen-bond acceptors (Lipinski definition) is 0. The molecule has 0 bridgehead atoms. The van der Waals surface area contributed by atoms with Gasteiger partial charge in [-0.15, -0.1) is 0 Å². The lowest BCUT2D eigenvalue weighted by Crippen LogP contribution is -2.60. The van der Waals surface area contributed by atoms with Gasteiger partial charge in [-0.3, -0.25) is 0 Å². The van der Waals surface area contributed by atoms with Gasteiger partial charge in [-0.05, 0) is 67.4 Å². The molecule has 0 N–H and O–H groups in total. The Kier molecular flexibility index (Phi) is 4.62. The van der Waals surface area contributed by atoms with Crippen LogP contribution >= 0.6 is 0 Å². The topological polar surface area (TPSA) is 0 Å². The third-order valence-electron chi connectivity index (χ3n) is 6.80. The summed E-state index contributed by atoms with van der Waals surface area (Å²) in [5.74, 6) is 0. The van der Waals surface area contributed by atoms with Crippen molar-refractivity contribution in [3.8, 4) is 0 Å². The first-order valence-corrected chi connectivity index (χ1v) is 14.1. The predicted molar refractivity (Wildman–Crippen MR) is 133 cm³/mol. The van der Waals surface area contributed by atoms with E-state index in [-0.39, 0.29) is 10.8 Å². The molecule has 0 fully saturated rings. The van der Waals surface area contributed by atoms with Crippen LogP contribution in [0.25, 0.3) is 12.2 Å². The third-order valence-corrected chi connectivity index (χ3v) is 10.4. The third kappa shape index (κ3) is 3.28. The molecule has 2 aromatic rings. The molecule has 152 valence electrons. The molecule has 0 spiro atoms. The summed E-state index contributed by atoms with van der Waals surface area (Å²) in [5, 5.41) is 3.39. The molecule has 0 saturated carbocycles. The fourth-order valence-corrected chi connectivity index (χ4v) is 10.0. The Morgan fingerprint density at radius 2 is 1.00 bits per heavy atom. The molecule has 2 aromatic carbocycles. The van der Waals surface area contributed by atoms with Crippen LogP contribution in [0.5, 0.6) is 0 Å². The minimum absolute atomic E-state index is 0.148. The first-order chi connectivity index (χ1) is 13.4. The van der Waals surface area contributed by atoms with Gasteiger partial charge in [0.2, 0.25) is 0 Å². The zero-order valence-corrected chi connectivity index (χ0v) is 20.5. The van der Waals surface area contributed by atoms with E-state index in [0.29, 0.717) is 0 Å². The molecular weight excluding hydrogens is 364 g/mol. The van der Waals surface area contributed by atoms with E-state index in [1.165, 1.54) is 11.1 Å². The first-order valence-electron chi connectivity index (χ1n) is 11.1. The molecule has 0 aromatic heterocycles. The van der Waals surface area contributed by atoms with E-state index in [9.17, 15) is 0 Å². The van der Waals surface area contributed by atoms with Crippen molar-refractivity contribution in [2.24, 2.45) is 0 Å². The fraction of sp³-hybridized carbons (Fsp3) is 0.429. The van der Waals surface area contributed by atoms with Crippen LogP contribution in [0, 0.1) is 0 Å². The Hall–Kier alpha value is -1.86. The van der Waals surface area contributed by atoms with Crippen LogP contribution in [0.4, 0.5) is 0 Å². The van der Waals surface area contributed by atoms with Crippen molar-refractivity contribution >= 4 is 30.6 Å². The monoisotopic (exact) mass is 400 g/mol. The smallest absolute Gasteiger partial charge is 0.0795 e. The number of hydrogen-bond donors (Lipinski definition) is 0. The average molecular weight is 401 g/mol. The molecular formula is C28H36Si. The van der Waals surface area contributed by atoms with Crippen molar-refractivity contribution in [1.29, 1.82) is 0 Å². The quantitative estimate of drug-likeness (QED) is 0.523. The van der Waals surface area contributed by atoms with E-state index in [0.717, 1.165) is 12.8 Å². The van der Waals surface area contributed by atoms with Gasteiger partial charge in [0.15, 0.2) is 0 Å². The van der Waals surface area contributed by atoms with Crippen LogP contribution in [-0.2, 0) is 23.7 Å². The first kappa shape index (κ1) is 20.4. The molecule has 0 atom stereocenters. The predicted octanol–water partition coefficient (Wildman–Crippen LogP) is 6.24. The van der Waals surface area contributed by atoms with Crippen molar-refractivity contribution in [2.45, 2.75) is 78.3 Å². The number of allylic oxidation sites excluding steroid dienone is 2. The van der Waals surface area contributed by atoms with Gasteiger partial charge in [0.1, 0.15) is 8.07 Å². The summed E-state index contributed by atoms with van der Waals surface area (Å²) in [6, 6.07) is 9.57. The average Bonchev–Trinajstić information content (AvgIpc) is 3.26. The highest BCUT2D eigenvalue weighted by molar-refractivity contribution is 7.01. The van der Waals surface area contributed by atoms with Crippen LogP contribution in [0.15, 0.2) is 36.4 Å². The lowest BCUT2D eigenvalue weighted by atomic mass is 9.85. The van der Waals surface area contributed by atoms with Crippen molar-refractivity contribution in [2.75, 3.05) is 0 Å². The number of benzene rings is 2. The molecule has 0 radical (unpaired) electrons. The molecule has 2 aliphatic carbocycles. The molecule has 2 aliphatic rings. The summed E-state index contributed by atoms with van der Waals surface area (Å²) < 4.78 is 0. The zero-order valence-electron chi connectivity index (χ0n) is 19.5. The minimum Gasteiger partial charge on any atom is -0.0795 e. The summed E-state index contributed by atoms with van der Waals surface area (Å²) in [7, 11) is -1.96. The maximum absolute atomic E-state index is 2.61. The SMILES string of the molecule is CC(C)(C)c1ccc2c(c1[Si](C)(C)c1c(C(C)(C)C)ccc3c1CC=C3)CC=C2. The highest BCUT2D eigenvalue weighted by atomic mass is 28.3.